The molecule has 2 amide bonds. The fourth-order valence-corrected chi connectivity index (χ4v) is 4.72. The van der Waals surface area contributed by atoms with Crippen molar-refractivity contribution in [3.63, 3.8) is 0 Å². The van der Waals surface area contributed by atoms with Gasteiger partial charge in [0.1, 0.15) is 0 Å². The highest BCUT2D eigenvalue weighted by molar-refractivity contribution is 14.1. The molecular formula is C25H18F3IN4O6. The number of carboxylic acid groups (broad SMARTS) is 2. The maximum absolute atomic E-state index is 13.3. The van der Waals surface area contributed by atoms with E-state index in [1.165, 1.54) is 4.90 Å². The number of aromatic nitrogens is 2. The van der Waals surface area contributed by atoms with Crippen LogP contribution in [0.3, 0.4) is 0 Å². The molecule has 2 heterocycles. The van der Waals surface area contributed by atoms with Crippen LogP contribution in [-0.2, 0) is 17.1 Å². The van der Waals surface area contributed by atoms with Crippen molar-refractivity contribution in [2.45, 2.75) is 18.4 Å². The molecule has 4 aromatic rings. The Labute approximate surface area is 231 Å². The highest BCUT2D eigenvalue weighted by Crippen LogP contribution is 2.43. The second kappa shape index (κ2) is 10.5. The zero-order valence-electron chi connectivity index (χ0n) is 19.5. The van der Waals surface area contributed by atoms with Crippen LogP contribution >= 0.6 is 22.6 Å². The van der Waals surface area contributed by atoms with Gasteiger partial charge in [-0.2, -0.15) is 13.2 Å². The topological polar surface area (TPSA) is 156 Å². The number of hydrogen-bond donors (Lipinski definition) is 5. The summed E-state index contributed by atoms with van der Waals surface area (Å²) in [6.45, 7) is 0.214. The number of aliphatic carboxylic acids is 1. The molecule has 1 aliphatic rings. The molecule has 0 radical (unpaired) electrons. The molecule has 0 saturated carbocycles. The average Bonchev–Trinajstić information content (AvgIpc) is 3.35. The van der Waals surface area contributed by atoms with Gasteiger partial charge in [0.2, 0.25) is 5.95 Å². The van der Waals surface area contributed by atoms with Gasteiger partial charge in [-0.25, -0.2) is 14.6 Å². The first-order chi connectivity index (χ1) is 18.3. The Kier molecular flexibility index (Phi) is 7.52. The minimum Gasteiger partial charge on any atom is -0.475 e. The van der Waals surface area contributed by atoms with Crippen molar-refractivity contribution in [2.75, 3.05) is 5.32 Å². The smallest absolute Gasteiger partial charge is 0.475 e. The Morgan fingerprint density at radius 3 is 2.38 bits per heavy atom. The van der Waals surface area contributed by atoms with E-state index < -0.39 is 24.0 Å². The van der Waals surface area contributed by atoms with Gasteiger partial charge in [-0.3, -0.25) is 15.0 Å². The first kappa shape index (κ1) is 27.8. The molecule has 10 nitrogen and oxygen atoms in total. The number of rotatable bonds is 4. The predicted octanol–water partition coefficient (Wildman–Crippen LogP) is 4.74. The summed E-state index contributed by atoms with van der Waals surface area (Å²) in [5.74, 6) is -2.94. The number of carbonyl (C=O) groups is 3. The molecule has 5 N–H and O–H groups in total. The zero-order valence-corrected chi connectivity index (χ0v) is 21.7. The molecule has 1 atom stereocenters. The van der Waals surface area contributed by atoms with Crippen molar-refractivity contribution >= 4 is 57.5 Å². The number of nitrogens with zero attached hydrogens (tertiary/aromatic N) is 2. The average molecular weight is 654 g/mol. The Morgan fingerprint density at radius 2 is 1.74 bits per heavy atom. The minimum absolute atomic E-state index is 0.0789. The van der Waals surface area contributed by atoms with Crippen molar-refractivity contribution in [2.24, 2.45) is 0 Å². The van der Waals surface area contributed by atoms with Crippen molar-refractivity contribution < 1.29 is 42.9 Å². The quantitative estimate of drug-likeness (QED) is 0.199. The molecule has 39 heavy (non-hydrogen) atoms. The van der Waals surface area contributed by atoms with Crippen LogP contribution in [0.2, 0.25) is 0 Å². The number of hydrogen-bond acceptors (Lipinski definition) is 5. The van der Waals surface area contributed by atoms with Crippen LogP contribution in [0.5, 0.6) is 0 Å². The van der Waals surface area contributed by atoms with E-state index in [2.05, 4.69) is 37.9 Å². The number of H-pyrrole nitrogens is 1. The molecule has 3 aromatic carbocycles. The number of benzene rings is 3. The molecule has 5 rings (SSSR count). The molecule has 0 spiro atoms. The number of aromatic amines is 1. The second-order valence-electron chi connectivity index (χ2n) is 8.29. The zero-order chi connectivity index (χ0) is 28.5. The van der Waals surface area contributed by atoms with Crippen molar-refractivity contribution in [3.8, 4) is 0 Å². The molecule has 0 bridgehead atoms. The van der Waals surface area contributed by atoms with E-state index in [4.69, 9.17) is 15.0 Å². The SMILES string of the molecule is O=C(O)C(F)(F)F.O=C(O)Nc1nc2cc(C3(O)c4ccccc4C(=O)N3Cc3cccc(I)c3)ccc2[nH]1. The van der Waals surface area contributed by atoms with Gasteiger partial charge in [0.05, 0.1) is 11.0 Å². The largest absolute Gasteiger partial charge is 0.490 e. The molecule has 202 valence electrons. The monoisotopic (exact) mass is 654 g/mol. The van der Waals surface area contributed by atoms with Gasteiger partial charge in [0.25, 0.3) is 5.91 Å². The molecular weight excluding hydrogens is 636 g/mol. The van der Waals surface area contributed by atoms with Crippen molar-refractivity contribution in [1.82, 2.24) is 14.9 Å². The van der Waals surface area contributed by atoms with Crippen LogP contribution in [0.4, 0.5) is 23.9 Å². The number of aliphatic hydroxyl groups is 1. The van der Waals surface area contributed by atoms with Crippen molar-refractivity contribution in [1.29, 1.82) is 0 Å². The third-order valence-corrected chi connectivity index (χ3v) is 6.42. The third kappa shape index (κ3) is 5.65. The van der Waals surface area contributed by atoms with Gasteiger partial charge in [-0.15, -0.1) is 0 Å². The van der Waals surface area contributed by atoms with Crippen LogP contribution in [0, 0.1) is 3.57 Å². The Balaban J connectivity index is 0.000000448. The number of fused-ring (bicyclic) bond motifs is 2. The van der Waals surface area contributed by atoms with Gasteiger partial charge in [0, 0.05) is 26.8 Å². The van der Waals surface area contributed by atoms with Gasteiger partial charge in [-0.1, -0.05) is 36.4 Å². The fraction of sp³-hybridized carbons (Fsp3) is 0.120. The highest BCUT2D eigenvalue weighted by atomic mass is 127. The summed E-state index contributed by atoms with van der Waals surface area (Å²) >= 11 is 2.21. The summed E-state index contributed by atoms with van der Waals surface area (Å²) in [5.41, 5.74) is 1.65. The van der Waals surface area contributed by atoms with E-state index in [1.54, 1.807) is 42.5 Å². The Morgan fingerprint density at radius 1 is 1.05 bits per heavy atom. The number of carboxylic acids is 1. The summed E-state index contributed by atoms with van der Waals surface area (Å²) in [5, 5.41) is 30.3. The number of imidazole rings is 1. The fourth-order valence-electron chi connectivity index (χ4n) is 4.11. The molecule has 1 aliphatic heterocycles. The lowest BCUT2D eigenvalue weighted by molar-refractivity contribution is -0.192. The number of amides is 2. The first-order valence-corrected chi connectivity index (χ1v) is 12.1. The lowest BCUT2D eigenvalue weighted by atomic mass is 9.93. The van der Waals surface area contributed by atoms with Crippen LogP contribution in [0.25, 0.3) is 11.0 Å². The van der Waals surface area contributed by atoms with E-state index >= 15 is 0 Å². The number of carbonyl (C=O) groups excluding carboxylic acids is 1. The lowest BCUT2D eigenvalue weighted by Crippen LogP contribution is -2.44. The molecule has 1 unspecified atom stereocenters. The third-order valence-electron chi connectivity index (χ3n) is 5.75. The Bertz CT molecular complexity index is 1590. The molecule has 1 aromatic heterocycles. The maximum atomic E-state index is 13.3. The number of alkyl halides is 3. The summed E-state index contributed by atoms with van der Waals surface area (Å²) in [6, 6.07) is 19.9. The molecule has 0 fully saturated rings. The van der Waals surface area contributed by atoms with Crippen LogP contribution < -0.4 is 5.32 Å². The summed E-state index contributed by atoms with van der Waals surface area (Å²) < 4.78 is 32.8. The van der Waals surface area contributed by atoms with Gasteiger partial charge < -0.3 is 20.3 Å². The molecule has 0 aliphatic carbocycles. The van der Waals surface area contributed by atoms with Crippen LogP contribution in [0.1, 0.15) is 27.0 Å². The number of nitrogens with one attached hydrogen (secondary N) is 2. The summed E-state index contributed by atoms with van der Waals surface area (Å²) in [4.78, 5) is 41.7. The Hall–Kier alpha value is -4.18. The van der Waals surface area contributed by atoms with Crippen LogP contribution in [0.15, 0.2) is 66.7 Å². The van der Waals surface area contributed by atoms with Crippen molar-refractivity contribution in [3.05, 3.63) is 92.6 Å². The second-order valence-corrected chi connectivity index (χ2v) is 9.54. The van der Waals surface area contributed by atoms with Gasteiger partial charge in [0.15, 0.2) is 5.72 Å². The standard InChI is InChI=1S/C23H17IN4O4.C2HF3O2/c24-15-5-3-4-13(10-15)12-28-20(29)16-6-1-2-7-17(16)23(28,32)14-8-9-18-19(11-14)26-21(25-18)27-22(30)31;3-2(4,5)1(6)7/h1-11,32H,12H2,(H,30,31)(H2,25,26,27);(H,6,7). The summed E-state index contributed by atoms with van der Waals surface area (Å²) in [7, 11) is 0. The van der Waals surface area contributed by atoms with Gasteiger partial charge in [-0.05, 0) is 58.5 Å². The van der Waals surface area contributed by atoms with E-state index in [1.807, 2.05) is 24.3 Å². The predicted molar refractivity (Wildman–Crippen MR) is 140 cm³/mol. The first-order valence-electron chi connectivity index (χ1n) is 11.0. The van der Waals surface area contributed by atoms with E-state index in [0.717, 1.165) is 9.13 Å². The molecule has 0 saturated heterocycles. The van der Waals surface area contributed by atoms with Gasteiger partial charge >= 0.3 is 18.2 Å². The molecule has 14 heteroatoms. The normalized spacial score (nSPS) is 16.4. The maximum Gasteiger partial charge on any atom is 0.490 e. The van der Waals surface area contributed by atoms with E-state index in [9.17, 15) is 27.9 Å². The number of anilines is 1. The summed E-state index contributed by atoms with van der Waals surface area (Å²) in [6.07, 6.45) is -6.32. The minimum atomic E-state index is -5.08. The highest BCUT2D eigenvalue weighted by Gasteiger charge is 2.49. The van der Waals surface area contributed by atoms with E-state index in [0.29, 0.717) is 27.7 Å². The van der Waals surface area contributed by atoms with Crippen LogP contribution in [-0.4, -0.2) is 54.3 Å². The number of halogens is 4. The van der Waals surface area contributed by atoms with E-state index in [-0.39, 0.29) is 18.4 Å². The lowest BCUT2D eigenvalue weighted by Gasteiger charge is -2.35.